The predicted octanol–water partition coefficient (Wildman–Crippen LogP) is 1.56. The van der Waals surface area contributed by atoms with Gasteiger partial charge in [-0.1, -0.05) is 56.4 Å². The summed E-state index contributed by atoms with van der Waals surface area (Å²) in [5.41, 5.74) is -3.44. The van der Waals surface area contributed by atoms with Crippen molar-refractivity contribution in [1.82, 2.24) is 0 Å². The first-order valence-electron chi connectivity index (χ1n) is 13.1. The van der Waals surface area contributed by atoms with Crippen LogP contribution in [0.1, 0.15) is 33.6 Å². The summed E-state index contributed by atoms with van der Waals surface area (Å²) >= 11 is 0. The van der Waals surface area contributed by atoms with Crippen LogP contribution in [0.2, 0.25) is 0 Å². The third-order valence-corrected chi connectivity index (χ3v) is 9.14. The molecule has 3 N–H and O–H groups in total. The summed E-state index contributed by atoms with van der Waals surface area (Å²) < 4.78 is 10.7. The van der Waals surface area contributed by atoms with E-state index in [1.807, 2.05) is 12.2 Å². The van der Waals surface area contributed by atoms with Gasteiger partial charge >= 0.3 is 17.9 Å². The lowest BCUT2D eigenvalue weighted by Crippen LogP contribution is -2.66. The average Bonchev–Trinajstić information content (AvgIpc) is 3.13. The Bertz CT molecular complexity index is 1180. The average molecular weight is 543 g/mol. The Kier molecular flexibility index (Phi) is 7.82. The third-order valence-electron chi connectivity index (χ3n) is 9.14. The number of carboxylic acids is 1. The van der Waals surface area contributed by atoms with Gasteiger partial charge in [0.15, 0.2) is 17.3 Å². The number of cyclic esters (lactones) is 1. The molecule has 1 heterocycles. The molecule has 4 rings (SSSR count). The molecule has 10 heteroatoms. The van der Waals surface area contributed by atoms with Gasteiger partial charge in [-0.3, -0.25) is 19.2 Å². The van der Waals surface area contributed by atoms with Gasteiger partial charge in [0.25, 0.3) is 0 Å². The van der Waals surface area contributed by atoms with Gasteiger partial charge in [-0.05, 0) is 24.7 Å². The minimum Gasteiger partial charge on any atom is -0.478 e. The third kappa shape index (κ3) is 4.49. The number of allylic oxidation sites excluding steroid dienone is 6. The lowest BCUT2D eigenvalue weighted by atomic mass is 9.43. The number of ether oxygens (including phenoxy) is 2. The lowest BCUT2D eigenvalue weighted by molar-refractivity contribution is -0.180. The Morgan fingerprint density at radius 1 is 1.13 bits per heavy atom. The molecular formula is C29H34O10. The number of carbonyl (C=O) groups is 5. The number of fused-ring (bicyclic) bond motifs is 3. The highest BCUT2D eigenvalue weighted by molar-refractivity contribution is 6.28. The van der Waals surface area contributed by atoms with E-state index in [1.54, 1.807) is 26.0 Å². The summed E-state index contributed by atoms with van der Waals surface area (Å²) in [6.07, 6.45) is 9.58. The highest BCUT2D eigenvalue weighted by Crippen LogP contribution is 2.62. The van der Waals surface area contributed by atoms with E-state index in [-0.39, 0.29) is 18.8 Å². The number of hydrogen-bond acceptors (Lipinski definition) is 9. The van der Waals surface area contributed by atoms with E-state index in [0.717, 1.165) is 6.08 Å². The van der Waals surface area contributed by atoms with Crippen LogP contribution >= 0.6 is 0 Å². The molecule has 1 aliphatic heterocycles. The van der Waals surface area contributed by atoms with Crippen LogP contribution in [-0.4, -0.2) is 69.7 Å². The molecule has 0 aromatic carbocycles. The van der Waals surface area contributed by atoms with Crippen LogP contribution in [0, 0.1) is 40.4 Å². The topological polar surface area (TPSA) is 164 Å². The number of aliphatic carboxylic acids is 1. The number of hydrogen-bond donors (Lipinski definition) is 3. The molecule has 3 fully saturated rings. The van der Waals surface area contributed by atoms with E-state index in [2.05, 4.69) is 0 Å². The van der Waals surface area contributed by atoms with Gasteiger partial charge in [0.1, 0.15) is 6.10 Å². The zero-order valence-electron chi connectivity index (χ0n) is 22.1. The molecule has 0 aromatic heterocycles. The molecule has 0 amide bonds. The van der Waals surface area contributed by atoms with Crippen molar-refractivity contribution >= 4 is 29.5 Å². The minimum atomic E-state index is -2.18. The van der Waals surface area contributed by atoms with Crippen molar-refractivity contribution < 1.29 is 48.8 Å². The number of esters is 2. The van der Waals surface area contributed by atoms with Crippen LogP contribution < -0.4 is 0 Å². The van der Waals surface area contributed by atoms with Crippen LogP contribution in [0.25, 0.3) is 0 Å². The summed E-state index contributed by atoms with van der Waals surface area (Å²) in [5.74, 6) is -6.68. The molecule has 4 aliphatic rings. The van der Waals surface area contributed by atoms with Crippen LogP contribution in [0.15, 0.2) is 48.6 Å². The molecule has 3 aliphatic carbocycles. The van der Waals surface area contributed by atoms with Crippen molar-refractivity contribution in [3.63, 3.8) is 0 Å². The Balaban J connectivity index is 1.78. The Morgan fingerprint density at radius 3 is 2.44 bits per heavy atom. The zero-order chi connectivity index (χ0) is 28.7. The monoisotopic (exact) mass is 542 g/mol. The molecule has 1 saturated heterocycles. The second-order valence-electron chi connectivity index (χ2n) is 11.1. The molecule has 10 nitrogen and oxygen atoms in total. The van der Waals surface area contributed by atoms with Crippen LogP contribution in [0.5, 0.6) is 0 Å². The van der Waals surface area contributed by atoms with Crippen LogP contribution in [0.3, 0.4) is 0 Å². The first-order valence-corrected chi connectivity index (χ1v) is 13.1. The highest BCUT2D eigenvalue weighted by Gasteiger charge is 2.74. The smallest absolute Gasteiger partial charge is 0.328 e. The molecule has 210 valence electrons. The number of rotatable bonds is 6. The zero-order valence-corrected chi connectivity index (χ0v) is 22.1. The van der Waals surface area contributed by atoms with Gasteiger partial charge in [0.2, 0.25) is 5.78 Å². The number of aliphatic hydroxyl groups excluding tert-OH is 2. The van der Waals surface area contributed by atoms with E-state index in [0.29, 0.717) is 0 Å². The number of aliphatic hydroxyl groups is 2. The van der Waals surface area contributed by atoms with Crippen LogP contribution in [0.4, 0.5) is 0 Å². The number of ketones is 2. The largest absolute Gasteiger partial charge is 0.478 e. The van der Waals surface area contributed by atoms with Crippen molar-refractivity contribution in [3.8, 4) is 0 Å². The minimum absolute atomic E-state index is 0.236. The normalized spacial score (nSPS) is 41.8. The summed E-state index contributed by atoms with van der Waals surface area (Å²) in [4.78, 5) is 64.2. The highest BCUT2D eigenvalue weighted by atomic mass is 16.6. The summed E-state index contributed by atoms with van der Waals surface area (Å²) in [7, 11) is 0. The van der Waals surface area contributed by atoms with Crippen molar-refractivity contribution in [2.45, 2.75) is 51.9 Å². The number of carbonyl (C=O) groups excluding carboxylic acids is 4. The Labute approximate surface area is 226 Å². The van der Waals surface area contributed by atoms with E-state index >= 15 is 0 Å². The van der Waals surface area contributed by atoms with Gasteiger partial charge in [0.05, 0.1) is 12.7 Å². The second kappa shape index (κ2) is 10.7. The van der Waals surface area contributed by atoms with Gasteiger partial charge in [0, 0.05) is 36.2 Å². The summed E-state index contributed by atoms with van der Waals surface area (Å²) in [6.45, 7) is 4.01. The molecule has 2 saturated carbocycles. The van der Waals surface area contributed by atoms with Crippen molar-refractivity contribution in [2.24, 2.45) is 40.4 Å². The van der Waals surface area contributed by atoms with E-state index < -0.39 is 88.9 Å². The maximum atomic E-state index is 14.6. The second-order valence-corrected chi connectivity index (χ2v) is 11.1. The van der Waals surface area contributed by atoms with Gasteiger partial charge in [-0.25, -0.2) is 4.79 Å². The van der Waals surface area contributed by atoms with Gasteiger partial charge in [-0.15, -0.1) is 0 Å². The fraction of sp³-hybridized carbons (Fsp3) is 0.552. The van der Waals surface area contributed by atoms with Crippen molar-refractivity contribution in [2.75, 3.05) is 6.61 Å². The maximum Gasteiger partial charge on any atom is 0.328 e. The van der Waals surface area contributed by atoms with Gasteiger partial charge < -0.3 is 24.8 Å². The fourth-order valence-electron chi connectivity index (χ4n) is 7.11. The molecule has 0 aromatic rings. The van der Waals surface area contributed by atoms with E-state index in [9.17, 15) is 34.2 Å². The summed E-state index contributed by atoms with van der Waals surface area (Å²) in [6, 6.07) is 0. The molecule has 1 spiro atoms. The molecule has 0 radical (unpaired) electrons. The Hall–Kier alpha value is -3.37. The molecule has 0 bridgehead atoms. The molecular weight excluding hydrogens is 508 g/mol. The van der Waals surface area contributed by atoms with E-state index in [4.69, 9.17) is 14.6 Å². The van der Waals surface area contributed by atoms with Crippen molar-refractivity contribution in [1.29, 1.82) is 0 Å². The van der Waals surface area contributed by atoms with Gasteiger partial charge in [-0.2, -0.15) is 0 Å². The summed E-state index contributed by atoms with van der Waals surface area (Å²) in [5, 5.41) is 29.6. The van der Waals surface area contributed by atoms with E-state index in [1.165, 1.54) is 25.2 Å². The predicted molar refractivity (Wildman–Crippen MR) is 136 cm³/mol. The number of carboxylic acid groups (broad SMARTS) is 1. The quantitative estimate of drug-likeness (QED) is 0.147. The SMILES string of the molecule is CC(=O)O[C@@H]1C[C@H]2[C@@H](C=C[C@H]3C[C@@H](/C=C/C=C/C=C/C(=O)O)[C@]4(C(=O)O[C@H](CO)C4=O)C(=O)[C@@]32C)[C@H](O)[C@H]1C. The first-order chi connectivity index (χ1) is 18.4. The lowest BCUT2D eigenvalue weighted by Gasteiger charge is -2.58. The number of Topliss-reactive ketones (excluding diaryl/α,β-unsaturated/α-hetero) is 2. The fourth-order valence-corrected chi connectivity index (χ4v) is 7.11. The standard InChI is InChI=1S/C29H34O10/c1-15-21(38-16(2)31)13-20-19(24(15)34)11-10-17-12-18(8-6-4-5-7-9-23(32)33)29(26(36)28(17,20)3)25(35)22(14-30)39-27(29)37/h4-11,15,17-22,24,30,34H,12-14H2,1-3H3,(H,32,33)/b5-4+,8-6+,9-7+/t15-,17-,18+,19+,20-,21+,22+,24+,28-,29+/m0/s1. The van der Waals surface area contributed by atoms with Crippen molar-refractivity contribution in [3.05, 3.63) is 48.6 Å². The first kappa shape index (κ1) is 28.6. The molecule has 10 atom stereocenters. The van der Waals surface area contributed by atoms with Crippen LogP contribution in [-0.2, 0) is 33.4 Å². The molecule has 0 unspecified atom stereocenters. The maximum absolute atomic E-state index is 14.6. The molecule has 39 heavy (non-hydrogen) atoms. The Morgan fingerprint density at radius 2 is 1.82 bits per heavy atom.